The van der Waals surface area contributed by atoms with Crippen molar-refractivity contribution in [3.05, 3.63) is 35.3 Å². The van der Waals surface area contributed by atoms with Crippen molar-refractivity contribution in [2.45, 2.75) is 32.7 Å². The second-order valence-corrected chi connectivity index (χ2v) is 7.34. The highest BCUT2D eigenvalue weighted by atomic mass is 32.2. The smallest absolute Gasteiger partial charge is 0.240 e. The summed E-state index contributed by atoms with van der Waals surface area (Å²) in [6.45, 7) is 5.14. The first kappa shape index (κ1) is 14.5. The van der Waals surface area contributed by atoms with Crippen LogP contribution in [0.3, 0.4) is 0 Å². The second kappa shape index (κ2) is 5.61. The first-order chi connectivity index (χ1) is 8.89. The van der Waals surface area contributed by atoms with Gasteiger partial charge in [0.2, 0.25) is 10.0 Å². The molecule has 1 unspecified atom stereocenters. The van der Waals surface area contributed by atoms with Crippen LogP contribution in [-0.4, -0.2) is 27.7 Å². The summed E-state index contributed by atoms with van der Waals surface area (Å²) in [5.74, 6) is 0. The van der Waals surface area contributed by atoms with Crippen molar-refractivity contribution in [3.63, 3.8) is 0 Å². The topological polar surface area (TPSA) is 55.4 Å². The van der Waals surface area contributed by atoms with Gasteiger partial charge in [0.1, 0.15) is 0 Å². The third kappa shape index (κ3) is 4.03. The molecular formula is C14H21NO3S. The monoisotopic (exact) mass is 283 g/mol. The minimum absolute atomic E-state index is 0.118. The van der Waals surface area contributed by atoms with Crippen LogP contribution in [0.1, 0.15) is 26.7 Å². The average molecular weight is 283 g/mol. The Morgan fingerprint density at radius 2 is 2.16 bits per heavy atom. The normalized spacial score (nSPS) is 26.8. The molecule has 2 rings (SSSR count). The van der Waals surface area contributed by atoms with Gasteiger partial charge in [-0.1, -0.05) is 38.2 Å². The molecule has 19 heavy (non-hydrogen) atoms. The van der Waals surface area contributed by atoms with Crippen molar-refractivity contribution in [2.75, 3.05) is 13.2 Å². The van der Waals surface area contributed by atoms with Gasteiger partial charge >= 0.3 is 0 Å². The molecule has 0 saturated carbocycles. The van der Waals surface area contributed by atoms with Gasteiger partial charge in [0.25, 0.3) is 0 Å². The van der Waals surface area contributed by atoms with Gasteiger partial charge in [0.15, 0.2) is 0 Å². The summed E-state index contributed by atoms with van der Waals surface area (Å²) in [6, 6.07) is -0.118. The van der Waals surface area contributed by atoms with Crippen molar-refractivity contribution < 1.29 is 13.2 Å². The number of hydrogen-bond acceptors (Lipinski definition) is 3. The maximum Gasteiger partial charge on any atom is 0.240 e. The standard InChI is InChI=1S/C14H21NO3S/c1-14(2)8-4-3-7-13(10-14)19(16,17)15-12-6-5-9-18-11-12/h3-4,7-8,10,12,15H,5-6,9,11H2,1-2H3. The molecule has 1 heterocycles. The number of ether oxygens (including phenoxy) is 1. The Labute approximate surface area is 115 Å². The lowest BCUT2D eigenvalue weighted by atomic mass is 9.93. The lowest BCUT2D eigenvalue weighted by Gasteiger charge is -2.23. The van der Waals surface area contributed by atoms with Crippen LogP contribution in [-0.2, 0) is 14.8 Å². The number of allylic oxidation sites excluding steroid dienone is 5. The van der Waals surface area contributed by atoms with Gasteiger partial charge in [-0.25, -0.2) is 13.1 Å². The van der Waals surface area contributed by atoms with Crippen LogP contribution < -0.4 is 4.72 Å². The Morgan fingerprint density at radius 1 is 1.37 bits per heavy atom. The number of rotatable bonds is 3. The van der Waals surface area contributed by atoms with Crippen molar-refractivity contribution in [1.82, 2.24) is 4.72 Å². The molecule has 1 aliphatic heterocycles. The van der Waals surface area contributed by atoms with Crippen molar-refractivity contribution in [3.8, 4) is 0 Å². The molecule has 4 nitrogen and oxygen atoms in total. The molecule has 0 radical (unpaired) electrons. The van der Waals surface area contributed by atoms with Crippen molar-refractivity contribution >= 4 is 10.0 Å². The maximum atomic E-state index is 12.4. The van der Waals surface area contributed by atoms with Gasteiger partial charge in [-0.05, 0) is 18.9 Å². The first-order valence-electron chi connectivity index (χ1n) is 6.58. The van der Waals surface area contributed by atoms with E-state index in [1.165, 1.54) is 0 Å². The molecule has 0 aromatic rings. The molecule has 0 aromatic heterocycles. The summed E-state index contributed by atoms with van der Waals surface area (Å²) in [4.78, 5) is 0.327. The fraction of sp³-hybridized carbons (Fsp3) is 0.571. The van der Waals surface area contributed by atoms with E-state index in [9.17, 15) is 8.42 Å². The van der Waals surface area contributed by atoms with Crippen LogP contribution >= 0.6 is 0 Å². The van der Waals surface area contributed by atoms with Crippen LogP contribution in [0.2, 0.25) is 0 Å². The minimum atomic E-state index is -3.47. The Balaban J connectivity index is 2.17. The van der Waals surface area contributed by atoms with Gasteiger partial charge in [-0.2, -0.15) is 0 Å². The SMILES string of the molecule is CC1(C)C=CC=CC(S(=O)(=O)NC2CCCOC2)=C1. The molecule has 1 atom stereocenters. The van der Waals surface area contributed by atoms with Crippen LogP contribution in [0.5, 0.6) is 0 Å². The molecule has 0 aromatic carbocycles. The molecule has 1 aliphatic carbocycles. The van der Waals surface area contributed by atoms with Crippen LogP contribution in [0.4, 0.5) is 0 Å². The summed E-state index contributed by atoms with van der Waals surface area (Å²) in [5, 5.41) is 0. The van der Waals surface area contributed by atoms with E-state index in [0.717, 1.165) is 19.4 Å². The van der Waals surface area contributed by atoms with E-state index < -0.39 is 10.0 Å². The molecule has 106 valence electrons. The van der Waals surface area contributed by atoms with Crippen LogP contribution in [0.25, 0.3) is 0 Å². The van der Waals surface area contributed by atoms with E-state index >= 15 is 0 Å². The van der Waals surface area contributed by atoms with Crippen LogP contribution in [0.15, 0.2) is 35.3 Å². The number of nitrogens with one attached hydrogen (secondary N) is 1. The third-order valence-corrected chi connectivity index (χ3v) is 4.72. The molecule has 5 heteroatoms. The van der Waals surface area contributed by atoms with E-state index in [2.05, 4.69) is 4.72 Å². The number of hydrogen-bond donors (Lipinski definition) is 1. The fourth-order valence-electron chi connectivity index (χ4n) is 2.21. The predicted molar refractivity (Wildman–Crippen MR) is 76.0 cm³/mol. The van der Waals surface area contributed by atoms with E-state index in [1.54, 1.807) is 18.2 Å². The zero-order valence-corrected chi connectivity index (χ0v) is 12.2. The molecule has 2 aliphatic rings. The molecule has 1 fully saturated rings. The number of sulfonamides is 1. The van der Waals surface area contributed by atoms with Crippen molar-refractivity contribution in [2.24, 2.45) is 5.41 Å². The molecular weight excluding hydrogens is 262 g/mol. The van der Waals surface area contributed by atoms with E-state index in [0.29, 0.717) is 11.5 Å². The Hall–Kier alpha value is -0.910. The molecule has 0 amide bonds. The maximum absolute atomic E-state index is 12.4. The summed E-state index contributed by atoms with van der Waals surface area (Å²) >= 11 is 0. The fourth-order valence-corrected chi connectivity index (χ4v) is 3.68. The van der Waals surface area contributed by atoms with Gasteiger partial charge in [0, 0.05) is 18.1 Å². The van der Waals surface area contributed by atoms with Gasteiger partial charge < -0.3 is 4.74 Å². The average Bonchev–Trinajstić information content (AvgIpc) is 2.51. The highest BCUT2D eigenvalue weighted by Crippen LogP contribution is 2.26. The molecule has 1 saturated heterocycles. The largest absolute Gasteiger partial charge is 0.380 e. The summed E-state index contributed by atoms with van der Waals surface area (Å²) in [6.07, 6.45) is 10.8. The first-order valence-corrected chi connectivity index (χ1v) is 8.06. The second-order valence-electron chi connectivity index (χ2n) is 5.62. The Bertz CT molecular complexity index is 509. The van der Waals surface area contributed by atoms with Gasteiger partial charge in [-0.15, -0.1) is 0 Å². The zero-order valence-electron chi connectivity index (χ0n) is 11.4. The highest BCUT2D eigenvalue weighted by molar-refractivity contribution is 7.93. The zero-order chi connectivity index (χ0) is 13.9. The van der Waals surface area contributed by atoms with Gasteiger partial charge in [0.05, 0.1) is 11.5 Å². The highest BCUT2D eigenvalue weighted by Gasteiger charge is 2.25. The van der Waals surface area contributed by atoms with Crippen LogP contribution in [0, 0.1) is 5.41 Å². The summed E-state index contributed by atoms with van der Waals surface area (Å²) in [5.41, 5.74) is -0.267. The van der Waals surface area contributed by atoms with Crippen molar-refractivity contribution in [1.29, 1.82) is 0 Å². The van der Waals surface area contributed by atoms with E-state index in [1.807, 2.05) is 26.0 Å². The minimum Gasteiger partial charge on any atom is -0.380 e. The summed E-state index contributed by atoms with van der Waals surface area (Å²) < 4.78 is 32.8. The third-order valence-electron chi connectivity index (χ3n) is 3.20. The molecule has 0 spiro atoms. The lowest BCUT2D eigenvalue weighted by molar-refractivity contribution is 0.0775. The van der Waals surface area contributed by atoms with E-state index in [4.69, 9.17) is 4.74 Å². The Morgan fingerprint density at radius 3 is 2.84 bits per heavy atom. The Kier molecular flexibility index (Phi) is 4.28. The lowest BCUT2D eigenvalue weighted by Crippen LogP contribution is -2.41. The van der Waals surface area contributed by atoms with Gasteiger partial charge in [-0.3, -0.25) is 0 Å². The summed E-state index contributed by atoms with van der Waals surface area (Å²) in [7, 11) is -3.47. The predicted octanol–water partition coefficient (Wildman–Crippen LogP) is 2.12. The molecule has 0 bridgehead atoms. The quantitative estimate of drug-likeness (QED) is 0.863. The van der Waals surface area contributed by atoms with E-state index in [-0.39, 0.29) is 11.5 Å². The molecule has 1 N–H and O–H groups in total.